The van der Waals surface area contributed by atoms with E-state index in [-0.39, 0.29) is 5.56 Å². The molecule has 168 valence electrons. The molecule has 2 aromatic carbocycles. The molecule has 0 aliphatic rings. The van der Waals surface area contributed by atoms with Gasteiger partial charge in [-0.2, -0.15) is 9.78 Å². The Morgan fingerprint density at radius 3 is 2.78 bits per heavy atom. The Hall–Kier alpha value is -2.47. The average Bonchev–Trinajstić information content (AvgIpc) is 2.75. The summed E-state index contributed by atoms with van der Waals surface area (Å²) in [6.07, 6.45) is 1.92. The molecule has 3 aromatic rings. The maximum atomic E-state index is 13.1. The van der Waals surface area contributed by atoms with E-state index in [1.165, 1.54) is 18.7 Å². The molecule has 0 radical (unpaired) electrons. The molecular weight excluding hydrogens is 593 g/mol. The van der Waals surface area contributed by atoms with Gasteiger partial charge in [-0.3, -0.25) is 4.79 Å². The zero-order chi connectivity index (χ0) is 23.4. The van der Waals surface area contributed by atoms with Gasteiger partial charge in [0.25, 0.3) is 5.56 Å². The quantitative estimate of drug-likeness (QED) is 0.297. The van der Waals surface area contributed by atoms with Crippen molar-refractivity contribution in [3.63, 3.8) is 0 Å². The van der Waals surface area contributed by atoms with Crippen LogP contribution in [0, 0.1) is 3.57 Å². The lowest BCUT2D eigenvalue weighted by Gasteiger charge is -2.16. The SMILES string of the molecule is CCCc1nc2ccc(Br)cc2c(=O)n1N=Cc1cc(I)c(O[C@H](C)C(=O)O)c(OC)c1. The number of halogens is 2. The van der Waals surface area contributed by atoms with Crippen molar-refractivity contribution in [2.24, 2.45) is 5.10 Å². The number of hydrogen-bond acceptors (Lipinski definition) is 6. The van der Waals surface area contributed by atoms with Crippen LogP contribution in [-0.4, -0.2) is 40.2 Å². The predicted octanol–water partition coefficient (Wildman–Crippen LogP) is 4.46. The van der Waals surface area contributed by atoms with Crippen molar-refractivity contribution < 1.29 is 19.4 Å². The number of carboxylic acids is 1. The standard InChI is InChI=1S/C22H21BrIN3O5/c1-4-5-19-26-17-7-6-14(23)10-15(17)21(28)27(19)25-11-13-8-16(24)20(18(9-13)31-3)32-12(2)22(29)30/h6-12H,4-5H2,1-3H3,(H,29,30)/t12-/m1/s1. The summed E-state index contributed by atoms with van der Waals surface area (Å²) in [5, 5.41) is 14.0. The third-order valence-corrected chi connectivity index (χ3v) is 5.86. The van der Waals surface area contributed by atoms with Crippen molar-refractivity contribution in [1.82, 2.24) is 9.66 Å². The number of carbonyl (C=O) groups is 1. The highest BCUT2D eigenvalue weighted by molar-refractivity contribution is 14.1. The van der Waals surface area contributed by atoms with Crippen LogP contribution in [0.2, 0.25) is 0 Å². The molecule has 0 fully saturated rings. The van der Waals surface area contributed by atoms with Gasteiger partial charge in [0.2, 0.25) is 0 Å². The van der Waals surface area contributed by atoms with Crippen molar-refractivity contribution in [3.8, 4) is 11.5 Å². The summed E-state index contributed by atoms with van der Waals surface area (Å²) in [7, 11) is 1.47. The van der Waals surface area contributed by atoms with E-state index < -0.39 is 12.1 Å². The average molecular weight is 614 g/mol. The van der Waals surface area contributed by atoms with E-state index in [0.29, 0.717) is 43.8 Å². The summed E-state index contributed by atoms with van der Waals surface area (Å²) in [6, 6.07) is 8.82. The van der Waals surface area contributed by atoms with Crippen LogP contribution in [0.4, 0.5) is 0 Å². The number of nitrogens with zero attached hydrogens (tertiary/aromatic N) is 3. The highest BCUT2D eigenvalue weighted by atomic mass is 127. The fraction of sp³-hybridized carbons (Fsp3) is 0.273. The van der Waals surface area contributed by atoms with Crippen molar-refractivity contribution in [2.75, 3.05) is 7.11 Å². The maximum Gasteiger partial charge on any atom is 0.344 e. The lowest BCUT2D eigenvalue weighted by molar-refractivity contribution is -0.144. The first-order valence-corrected chi connectivity index (χ1v) is 11.6. The number of aromatic nitrogens is 2. The normalized spacial score (nSPS) is 12.3. The van der Waals surface area contributed by atoms with E-state index >= 15 is 0 Å². The molecule has 0 unspecified atom stereocenters. The molecule has 0 aliphatic carbocycles. The number of benzene rings is 2. The van der Waals surface area contributed by atoms with Gasteiger partial charge >= 0.3 is 5.97 Å². The Labute approximate surface area is 206 Å². The molecule has 1 atom stereocenters. The molecule has 0 saturated heterocycles. The zero-order valence-corrected chi connectivity index (χ0v) is 21.4. The van der Waals surface area contributed by atoms with Crippen molar-refractivity contribution in [1.29, 1.82) is 0 Å². The number of rotatable bonds is 8. The number of ether oxygens (including phenoxy) is 2. The lowest BCUT2D eigenvalue weighted by atomic mass is 10.2. The number of aliphatic carboxylic acids is 1. The van der Waals surface area contributed by atoms with Gasteiger partial charge in [0.05, 0.1) is 27.8 Å². The summed E-state index contributed by atoms with van der Waals surface area (Å²) < 4.78 is 13.7. The van der Waals surface area contributed by atoms with Crippen molar-refractivity contribution in [2.45, 2.75) is 32.8 Å². The summed E-state index contributed by atoms with van der Waals surface area (Å²) in [6.45, 7) is 3.45. The second-order valence-electron chi connectivity index (χ2n) is 6.93. The Balaban J connectivity index is 2.06. The molecule has 8 nitrogen and oxygen atoms in total. The Bertz CT molecular complexity index is 1260. The minimum Gasteiger partial charge on any atom is -0.493 e. The van der Waals surface area contributed by atoms with Gasteiger partial charge in [-0.15, -0.1) is 0 Å². The van der Waals surface area contributed by atoms with Crippen LogP contribution in [0.25, 0.3) is 10.9 Å². The van der Waals surface area contributed by atoms with Crippen molar-refractivity contribution in [3.05, 3.63) is 60.1 Å². The third kappa shape index (κ3) is 5.29. The minimum absolute atomic E-state index is 0.257. The van der Waals surface area contributed by atoms with Crippen LogP contribution < -0.4 is 15.0 Å². The summed E-state index contributed by atoms with van der Waals surface area (Å²) in [5.41, 5.74) is 1.02. The number of carboxylic acid groups (broad SMARTS) is 1. The van der Waals surface area contributed by atoms with Gasteiger partial charge in [-0.1, -0.05) is 22.9 Å². The zero-order valence-electron chi connectivity index (χ0n) is 17.6. The largest absolute Gasteiger partial charge is 0.493 e. The Morgan fingerprint density at radius 2 is 2.12 bits per heavy atom. The molecule has 0 spiro atoms. The first-order chi connectivity index (χ1) is 15.2. The predicted molar refractivity (Wildman–Crippen MR) is 134 cm³/mol. The number of fused-ring (bicyclic) bond motifs is 1. The fourth-order valence-corrected chi connectivity index (χ4v) is 4.09. The fourth-order valence-electron chi connectivity index (χ4n) is 2.98. The summed E-state index contributed by atoms with van der Waals surface area (Å²) in [4.78, 5) is 28.9. The molecule has 1 N–H and O–H groups in total. The Morgan fingerprint density at radius 1 is 1.38 bits per heavy atom. The van der Waals surface area contributed by atoms with Gasteiger partial charge in [0, 0.05) is 10.9 Å². The van der Waals surface area contributed by atoms with Crippen LogP contribution in [0.1, 0.15) is 31.7 Å². The third-order valence-electron chi connectivity index (χ3n) is 4.57. The van der Waals surface area contributed by atoms with E-state index in [0.717, 1.165) is 10.9 Å². The molecule has 32 heavy (non-hydrogen) atoms. The summed E-state index contributed by atoms with van der Waals surface area (Å²) >= 11 is 5.44. The van der Waals surface area contributed by atoms with Gasteiger partial charge in [-0.05, 0) is 71.8 Å². The minimum atomic E-state index is -1.08. The van der Waals surface area contributed by atoms with E-state index in [4.69, 9.17) is 14.6 Å². The van der Waals surface area contributed by atoms with Gasteiger partial charge in [-0.25, -0.2) is 9.78 Å². The highest BCUT2D eigenvalue weighted by Gasteiger charge is 2.19. The number of methoxy groups -OCH3 is 1. The molecule has 0 aliphatic heterocycles. The monoisotopic (exact) mass is 613 g/mol. The highest BCUT2D eigenvalue weighted by Crippen LogP contribution is 2.34. The van der Waals surface area contributed by atoms with Crippen LogP contribution in [0.5, 0.6) is 11.5 Å². The van der Waals surface area contributed by atoms with Gasteiger partial charge in [0.1, 0.15) is 5.82 Å². The molecular formula is C22H21BrIN3O5. The topological polar surface area (TPSA) is 103 Å². The molecule has 3 rings (SSSR count). The maximum absolute atomic E-state index is 13.1. The molecule has 0 amide bonds. The first-order valence-electron chi connectivity index (χ1n) is 9.77. The molecule has 1 aromatic heterocycles. The van der Waals surface area contributed by atoms with Crippen LogP contribution in [-0.2, 0) is 11.2 Å². The first kappa shape index (κ1) is 24.2. The smallest absolute Gasteiger partial charge is 0.344 e. The van der Waals surface area contributed by atoms with Crippen LogP contribution >= 0.6 is 38.5 Å². The molecule has 0 bridgehead atoms. The van der Waals surface area contributed by atoms with Crippen molar-refractivity contribution >= 4 is 61.6 Å². The van der Waals surface area contributed by atoms with Crippen LogP contribution in [0.15, 0.2) is 44.7 Å². The van der Waals surface area contributed by atoms with E-state index in [2.05, 4.69) is 26.0 Å². The van der Waals surface area contributed by atoms with Gasteiger partial charge < -0.3 is 14.6 Å². The Kier molecular flexibility index (Phi) is 7.88. The molecule has 10 heteroatoms. The van der Waals surface area contributed by atoms with E-state index in [1.807, 2.05) is 35.6 Å². The van der Waals surface area contributed by atoms with Crippen LogP contribution in [0.3, 0.4) is 0 Å². The molecule has 0 saturated carbocycles. The molecule has 1 heterocycles. The number of aryl methyl sites for hydroxylation is 1. The van der Waals surface area contributed by atoms with Gasteiger partial charge in [0.15, 0.2) is 17.6 Å². The second kappa shape index (κ2) is 10.4. The lowest BCUT2D eigenvalue weighted by Crippen LogP contribution is -2.23. The number of hydrogen-bond donors (Lipinski definition) is 1. The second-order valence-corrected chi connectivity index (χ2v) is 9.01. The van der Waals surface area contributed by atoms with E-state index in [1.54, 1.807) is 30.5 Å². The summed E-state index contributed by atoms with van der Waals surface area (Å²) in [5.74, 6) is 0.196. The van der Waals surface area contributed by atoms with E-state index in [9.17, 15) is 9.59 Å².